The second-order valence-electron chi connectivity index (χ2n) is 4.08. The first kappa shape index (κ1) is 15.4. The topological polar surface area (TPSA) is 39.7 Å². The zero-order valence-electron chi connectivity index (χ0n) is 11.6. The number of hydrogen-bond acceptors (Lipinski definition) is 4. The quantitative estimate of drug-likeness (QED) is 0.726. The first-order chi connectivity index (χ1) is 8.62. The molecule has 0 atom stereocenters. The molecule has 1 rings (SSSR count). The van der Waals surface area contributed by atoms with E-state index in [2.05, 4.69) is 5.09 Å². The zero-order valence-corrected chi connectivity index (χ0v) is 12.6. The predicted molar refractivity (Wildman–Crippen MR) is 77.9 cm³/mol. The van der Waals surface area contributed by atoms with Crippen LogP contribution in [0, 0.1) is 0 Å². The van der Waals surface area contributed by atoms with Gasteiger partial charge < -0.3 is 0 Å². The molecule has 1 aromatic carbocycles. The third-order valence-corrected chi connectivity index (χ3v) is 4.84. The maximum absolute atomic E-state index is 5.91. The third-order valence-electron chi connectivity index (χ3n) is 2.13. The van der Waals surface area contributed by atoms with E-state index in [-0.39, 0.29) is 6.10 Å². The number of para-hydroxylation sites is 1. The van der Waals surface area contributed by atoms with Crippen LogP contribution in [-0.2, 0) is 13.6 Å². The van der Waals surface area contributed by atoms with Gasteiger partial charge in [0, 0.05) is 0 Å². The number of anilines is 1. The van der Waals surface area contributed by atoms with Crippen molar-refractivity contribution in [2.75, 3.05) is 18.3 Å². The van der Waals surface area contributed by atoms with Crippen LogP contribution in [0.2, 0.25) is 0 Å². The van der Waals surface area contributed by atoms with Crippen molar-refractivity contribution >= 4 is 13.8 Å². The molecule has 5 heteroatoms. The SMILES string of the molecule is CCO[PH](Nc1ccccc1)(OCC)OC(C)C. The Labute approximate surface area is 110 Å². The van der Waals surface area contributed by atoms with Gasteiger partial charge >= 0.3 is 110 Å². The van der Waals surface area contributed by atoms with E-state index in [9.17, 15) is 0 Å². The van der Waals surface area contributed by atoms with Gasteiger partial charge in [-0.15, -0.1) is 0 Å². The normalized spacial score (nSPS) is 12.7. The Morgan fingerprint density at radius 3 is 2.06 bits per heavy atom. The molecule has 0 aliphatic carbocycles. The molecular weight excluding hydrogens is 249 g/mol. The summed E-state index contributed by atoms with van der Waals surface area (Å²) >= 11 is 0. The van der Waals surface area contributed by atoms with Crippen molar-refractivity contribution in [2.24, 2.45) is 0 Å². The van der Waals surface area contributed by atoms with Crippen molar-refractivity contribution < 1.29 is 13.6 Å². The molecule has 0 aliphatic rings. The van der Waals surface area contributed by atoms with Gasteiger partial charge in [-0.25, -0.2) is 0 Å². The van der Waals surface area contributed by atoms with E-state index in [1.807, 2.05) is 58.0 Å². The van der Waals surface area contributed by atoms with Crippen LogP contribution in [0.3, 0.4) is 0 Å². The van der Waals surface area contributed by atoms with Gasteiger partial charge in [-0.05, 0) is 0 Å². The summed E-state index contributed by atoms with van der Waals surface area (Å²) in [5.41, 5.74) is 0.951. The monoisotopic (exact) mass is 273 g/mol. The van der Waals surface area contributed by atoms with Crippen LogP contribution in [0.1, 0.15) is 27.7 Å². The minimum absolute atomic E-state index is 0.0472. The summed E-state index contributed by atoms with van der Waals surface area (Å²) < 4.78 is 17.4. The molecule has 1 aromatic rings. The predicted octanol–water partition coefficient (Wildman–Crippen LogP) is 4.01. The molecule has 0 aromatic heterocycles. The fraction of sp³-hybridized carbons (Fsp3) is 0.538. The second-order valence-corrected chi connectivity index (χ2v) is 6.26. The maximum atomic E-state index is 5.91. The Kier molecular flexibility index (Phi) is 6.58. The van der Waals surface area contributed by atoms with Crippen LogP contribution in [0.25, 0.3) is 0 Å². The summed E-state index contributed by atoms with van der Waals surface area (Å²) in [6.45, 7) is 8.95. The van der Waals surface area contributed by atoms with Crippen LogP contribution in [0.15, 0.2) is 30.3 Å². The van der Waals surface area contributed by atoms with Gasteiger partial charge in [0.2, 0.25) is 0 Å². The van der Waals surface area contributed by atoms with Crippen molar-refractivity contribution in [1.29, 1.82) is 0 Å². The van der Waals surface area contributed by atoms with Crippen LogP contribution >= 0.6 is 8.09 Å². The number of hydrogen-bond donors (Lipinski definition) is 1. The second kappa shape index (κ2) is 7.70. The van der Waals surface area contributed by atoms with Crippen molar-refractivity contribution in [3.63, 3.8) is 0 Å². The van der Waals surface area contributed by atoms with E-state index in [1.165, 1.54) is 0 Å². The van der Waals surface area contributed by atoms with E-state index in [0.717, 1.165) is 5.69 Å². The van der Waals surface area contributed by atoms with Gasteiger partial charge in [-0.1, -0.05) is 0 Å². The van der Waals surface area contributed by atoms with E-state index in [1.54, 1.807) is 0 Å². The van der Waals surface area contributed by atoms with E-state index < -0.39 is 8.09 Å². The van der Waals surface area contributed by atoms with Crippen LogP contribution in [0.5, 0.6) is 0 Å². The molecule has 0 amide bonds. The molecule has 0 spiro atoms. The summed E-state index contributed by atoms with van der Waals surface area (Å²) in [4.78, 5) is 0. The first-order valence-corrected chi connectivity index (χ1v) is 8.13. The Hall–Kier alpha value is -0.670. The van der Waals surface area contributed by atoms with E-state index in [4.69, 9.17) is 13.6 Å². The van der Waals surface area contributed by atoms with Gasteiger partial charge in [-0.2, -0.15) is 0 Å². The molecule has 1 N–H and O–H groups in total. The van der Waals surface area contributed by atoms with Gasteiger partial charge in [0.15, 0.2) is 0 Å². The Balaban J connectivity index is 2.86. The van der Waals surface area contributed by atoms with Crippen LogP contribution in [-0.4, -0.2) is 19.3 Å². The van der Waals surface area contributed by atoms with E-state index in [0.29, 0.717) is 13.2 Å². The van der Waals surface area contributed by atoms with Crippen molar-refractivity contribution in [3.05, 3.63) is 30.3 Å². The molecule has 0 bridgehead atoms. The van der Waals surface area contributed by atoms with Gasteiger partial charge in [0.25, 0.3) is 0 Å². The van der Waals surface area contributed by atoms with Crippen molar-refractivity contribution in [2.45, 2.75) is 33.8 Å². The minimum atomic E-state index is -2.85. The number of benzene rings is 1. The third kappa shape index (κ3) is 4.91. The molecule has 104 valence electrons. The molecule has 18 heavy (non-hydrogen) atoms. The molecule has 4 nitrogen and oxygen atoms in total. The van der Waals surface area contributed by atoms with Crippen LogP contribution in [0.4, 0.5) is 5.69 Å². The van der Waals surface area contributed by atoms with Crippen molar-refractivity contribution in [1.82, 2.24) is 0 Å². The molecule has 0 saturated carbocycles. The molecular formula is C13H24NO3P. The summed E-state index contributed by atoms with van der Waals surface area (Å²) in [6, 6.07) is 9.86. The van der Waals surface area contributed by atoms with Crippen molar-refractivity contribution in [3.8, 4) is 0 Å². The van der Waals surface area contributed by atoms with Gasteiger partial charge in [-0.3, -0.25) is 0 Å². The molecule has 0 aliphatic heterocycles. The Bertz CT molecular complexity index is 326. The van der Waals surface area contributed by atoms with Gasteiger partial charge in [0.05, 0.1) is 0 Å². The van der Waals surface area contributed by atoms with Crippen LogP contribution < -0.4 is 5.09 Å². The summed E-state index contributed by atoms with van der Waals surface area (Å²) in [5, 5.41) is 3.30. The number of rotatable bonds is 8. The molecule has 0 heterocycles. The Morgan fingerprint density at radius 1 is 1.06 bits per heavy atom. The zero-order chi connectivity index (χ0) is 13.4. The standard InChI is InChI=1S/C13H24NO3P/c1-5-15-18(16-6-2,17-12(3)4)14-13-10-8-7-9-11-13/h7-12,14,18H,5-6H2,1-4H3. The summed E-state index contributed by atoms with van der Waals surface area (Å²) in [6.07, 6.45) is 0.0472. The molecule has 0 radical (unpaired) electrons. The fourth-order valence-corrected chi connectivity index (χ4v) is 3.92. The first-order valence-electron chi connectivity index (χ1n) is 6.41. The molecule has 0 unspecified atom stereocenters. The summed E-state index contributed by atoms with van der Waals surface area (Å²) in [7, 11) is -2.85. The average Bonchev–Trinajstić information content (AvgIpc) is 2.29. The van der Waals surface area contributed by atoms with Gasteiger partial charge in [0.1, 0.15) is 0 Å². The van der Waals surface area contributed by atoms with E-state index >= 15 is 0 Å². The summed E-state index contributed by atoms with van der Waals surface area (Å²) in [5.74, 6) is 0. The Morgan fingerprint density at radius 2 is 1.61 bits per heavy atom. The number of nitrogens with one attached hydrogen (secondary N) is 1. The molecule has 0 saturated heterocycles. The average molecular weight is 273 g/mol. The molecule has 0 fully saturated rings. The fourth-order valence-electron chi connectivity index (χ4n) is 1.60.